The van der Waals surface area contributed by atoms with E-state index in [2.05, 4.69) is 26.1 Å². The lowest BCUT2D eigenvalue weighted by molar-refractivity contribution is -0.120. The third kappa shape index (κ3) is 11.5. The number of nitrogens with one attached hydrogen (secondary N) is 1. The number of hydrogen-bond acceptors (Lipinski definition) is 2. The molecule has 0 aliphatic rings. The summed E-state index contributed by atoms with van der Waals surface area (Å²) >= 11 is 0. The molecule has 1 amide bonds. The molecular weight excluding hydrogens is 202 g/mol. The average molecular weight is 229 g/mol. The topological polar surface area (TPSA) is 38.3 Å². The van der Waals surface area contributed by atoms with E-state index in [1.165, 1.54) is 6.42 Å². The molecule has 3 heteroatoms. The number of rotatable bonds is 8. The molecule has 0 aliphatic heterocycles. The Labute approximate surface area is 99.9 Å². The van der Waals surface area contributed by atoms with Gasteiger partial charge in [0.05, 0.1) is 5.60 Å². The highest BCUT2D eigenvalue weighted by Gasteiger charge is 2.08. The van der Waals surface area contributed by atoms with Crippen molar-refractivity contribution in [3.8, 4) is 0 Å². The number of carbonyl (C=O) groups excluding carboxylic acids is 1. The van der Waals surface area contributed by atoms with Crippen LogP contribution in [0.15, 0.2) is 0 Å². The molecule has 0 atom stereocenters. The maximum absolute atomic E-state index is 10.9. The summed E-state index contributed by atoms with van der Waals surface area (Å²) in [5, 5.41) is 2.88. The van der Waals surface area contributed by atoms with Crippen molar-refractivity contribution < 1.29 is 9.53 Å². The fourth-order valence-electron chi connectivity index (χ4n) is 1.31. The van der Waals surface area contributed by atoms with Gasteiger partial charge in [0.1, 0.15) is 0 Å². The summed E-state index contributed by atoms with van der Waals surface area (Å²) in [6.45, 7) is 9.75. The van der Waals surface area contributed by atoms with Crippen LogP contribution in [0.3, 0.4) is 0 Å². The van der Waals surface area contributed by atoms with E-state index in [0.29, 0.717) is 6.42 Å². The molecule has 0 bridgehead atoms. The van der Waals surface area contributed by atoms with E-state index < -0.39 is 0 Å². The van der Waals surface area contributed by atoms with Crippen molar-refractivity contribution in [3.63, 3.8) is 0 Å². The minimum absolute atomic E-state index is 0.0187. The normalized spacial score (nSPS) is 11.5. The van der Waals surface area contributed by atoms with E-state index in [4.69, 9.17) is 4.74 Å². The maximum atomic E-state index is 10.9. The number of hydrogen-bond donors (Lipinski definition) is 1. The van der Waals surface area contributed by atoms with Crippen molar-refractivity contribution in [2.75, 3.05) is 13.2 Å². The van der Waals surface area contributed by atoms with Gasteiger partial charge < -0.3 is 10.1 Å². The van der Waals surface area contributed by atoms with Crippen molar-refractivity contribution >= 4 is 5.91 Å². The zero-order valence-corrected chi connectivity index (χ0v) is 11.3. The summed E-state index contributed by atoms with van der Waals surface area (Å²) in [7, 11) is 0. The Morgan fingerprint density at radius 3 is 2.31 bits per heavy atom. The first-order valence-electron chi connectivity index (χ1n) is 6.36. The Morgan fingerprint density at radius 2 is 1.75 bits per heavy atom. The fourth-order valence-corrected chi connectivity index (χ4v) is 1.31. The number of carbonyl (C=O) groups is 1. The van der Waals surface area contributed by atoms with Crippen LogP contribution in [0.4, 0.5) is 0 Å². The first kappa shape index (κ1) is 15.4. The smallest absolute Gasteiger partial charge is 0.219 e. The number of amides is 1. The van der Waals surface area contributed by atoms with Crippen LogP contribution in [0.25, 0.3) is 0 Å². The molecule has 0 saturated carbocycles. The van der Waals surface area contributed by atoms with Gasteiger partial charge in [0.2, 0.25) is 5.91 Å². The Bertz CT molecular complexity index is 185. The van der Waals surface area contributed by atoms with Crippen molar-refractivity contribution in [1.29, 1.82) is 0 Å². The minimum Gasteiger partial charge on any atom is -0.376 e. The highest BCUT2D eigenvalue weighted by molar-refractivity contribution is 5.75. The fraction of sp³-hybridized carbons (Fsp3) is 0.923. The van der Waals surface area contributed by atoms with E-state index in [-0.39, 0.29) is 11.5 Å². The van der Waals surface area contributed by atoms with Gasteiger partial charge in [0.25, 0.3) is 0 Å². The van der Waals surface area contributed by atoms with Crippen LogP contribution in [-0.4, -0.2) is 24.7 Å². The molecule has 0 radical (unpaired) electrons. The minimum atomic E-state index is -0.0187. The molecule has 0 aromatic rings. The van der Waals surface area contributed by atoms with Gasteiger partial charge in [-0.25, -0.2) is 0 Å². The van der Waals surface area contributed by atoms with Crippen molar-refractivity contribution in [1.82, 2.24) is 5.32 Å². The third-order valence-electron chi connectivity index (χ3n) is 2.25. The molecule has 0 saturated heterocycles. The van der Waals surface area contributed by atoms with Crippen molar-refractivity contribution in [2.24, 2.45) is 0 Å². The molecule has 3 nitrogen and oxygen atoms in total. The predicted molar refractivity (Wildman–Crippen MR) is 67.5 cm³/mol. The quantitative estimate of drug-likeness (QED) is 0.650. The molecule has 0 spiro atoms. The van der Waals surface area contributed by atoms with Gasteiger partial charge in [-0.15, -0.1) is 0 Å². The summed E-state index contributed by atoms with van der Waals surface area (Å²) in [4.78, 5) is 10.9. The second kappa shape index (κ2) is 8.57. The summed E-state index contributed by atoms with van der Waals surface area (Å²) in [5.74, 6) is 0.149. The molecule has 0 aromatic heterocycles. The molecule has 96 valence electrons. The lowest BCUT2D eigenvalue weighted by atomic mass is 10.1. The summed E-state index contributed by atoms with van der Waals surface area (Å²) in [6.07, 6.45) is 5.11. The SMILES string of the molecule is CCC(=O)NCCCCCCOC(C)(C)C. The van der Waals surface area contributed by atoms with Gasteiger partial charge in [-0.05, 0) is 33.6 Å². The van der Waals surface area contributed by atoms with Crippen LogP contribution in [0.2, 0.25) is 0 Å². The molecule has 0 aliphatic carbocycles. The summed E-state index contributed by atoms with van der Waals surface area (Å²) < 4.78 is 5.62. The van der Waals surface area contributed by atoms with Crippen LogP contribution >= 0.6 is 0 Å². The van der Waals surface area contributed by atoms with Gasteiger partial charge in [-0.1, -0.05) is 19.8 Å². The lowest BCUT2D eigenvalue weighted by Gasteiger charge is -2.19. The molecule has 0 fully saturated rings. The Kier molecular flexibility index (Phi) is 8.26. The van der Waals surface area contributed by atoms with Gasteiger partial charge in [-0.2, -0.15) is 0 Å². The van der Waals surface area contributed by atoms with E-state index in [1.807, 2.05) is 6.92 Å². The van der Waals surface area contributed by atoms with E-state index in [0.717, 1.165) is 32.4 Å². The van der Waals surface area contributed by atoms with Gasteiger partial charge in [0, 0.05) is 19.6 Å². The van der Waals surface area contributed by atoms with E-state index in [1.54, 1.807) is 0 Å². The Balaban J connectivity index is 3.13. The first-order valence-corrected chi connectivity index (χ1v) is 6.36. The summed E-state index contributed by atoms with van der Waals surface area (Å²) in [5.41, 5.74) is -0.0187. The van der Waals surface area contributed by atoms with Crippen LogP contribution in [0.5, 0.6) is 0 Å². The largest absolute Gasteiger partial charge is 0.376 e. The zero-order valence-electron chi connectivity index (χ0n) is 11.3. The molecule has 0 rings (SSSR count). The zero-order chi connectivity index (χ0) is 12.4. The molecule has 0 unspecified atom stereocenters. The molecule has 1 N–H and O–H groups in total. The van der Waals surface area contributed by atoms with Crippen LogP contribution < -0.4 is 5.32 Å². The predicted octanol–water partition coefficient (Wildman–Crippen LogP) is 2.89. The van der Waals surface area contributed by atoms with Gasteiger partial charge in [0.15, 0.2) is 0 Å². The molecular formula is C13H27NO2. The second-order valence-electron chi connectivity index (χ2n) is 5.08. The van der Waals surface area contributed by atoms with Gasteiger partial charge in [-0.3, -0.25) is 4.79 Å². The molecule has 0 aromatic carbocycles. The van der Waals surface area contributed by atoms with Crippen LogP contribution in [0, 0.1) is 0 Å². The molecule has 16 heavy (non-hydrogen) atoms. The van der Waals surface area contributed by atoms with Gasteiger partial charge >= 0.3 is 0 Å². The Hall–Kier alpha value is -0.570. The monoisotopic (exact) mass is 229 g/mol. The third-order valence-corrected chi connectivity index (χ3v) is 2.25. The highest BCUT2D eigenvalue weighted by atomic mass is 16.5. The number of ether oxygens (including phenoxy) is 1. The van der Waals surface area contributed by atoms with Crippen molar-refractivity contribution in [2.45, 2.75) is 65.4 Å². The molecule has 0 heterocycles. The van der Waals surface area contributed by atoms with Crippen molar-refractivity contribution in [3.05, 3.63) is 0 Å². The second-order valence-corrected chi connectivity index (χ2v) is 5.08. The van der Waals surface area contributed by atoms with E-state index in [9.17, 15) is 4.79 Å². The standard InChI is InChI=1S/C13H27NO2/c1-5-12(15)14-10-8-6-7-9-11-16-13(2,3)4/h5-11H2,1-4H3,(H,14,15). The van der Waals surface area contributed by atoms with Crippen LogP contribution in [0.1, 0.15) is 59.8 Å². The Morgan fingerprint density at radius 1 is 1.12 bits per heavy atom. The van der Waals surface area contributed by atoms with E-state index >= 15 is 0 Å². The van der Waals surface area contributed by atoms with Crippen LogP contribution in [-0.2, 0) is 9.53 Å². The highest BCUT2D eigenvalue weighted by Crippen LogP contribution is 2.08. The lowest BCUT2D eigenvalue weighted by Crippen LogP contribution is -2.23. The average Bonchev–Trinajstić information content (AvgIpc) is 2.20. The number of unbranched alkanes of at least 4 members (excludes halogenated alkanes) is 3. The first-order chi connectivity index (χ1) is 7.45. The maximum Gasteiger partial charge on any atom is 0.219 e. The summed E-state index contributed by atoms with van der Waals surface area (Å²) in [6, 6.07) is 0.